The molecular weight excluding hydrogens is 363 g/mol. The Labute approximate surface area is 152 Å². The molecule has 1 aromatic heterocycles. The molecule has 4 nitrogen and oxygen atoms in total. The van der Waals surface area contributed by atoms with Crippen LogP contribution in [0.3, 0.4) is 0 Å². The first-order valence-electron chi connectivity index (χ1n) is 7.57. The van der Waals surface area contributed by atoms with E-state index in [1.54, 1.807) is 11.6 Å². The average molecular weight is 377 g/mol. The van der Waals surface area contributed by atoms with Gasteiger partial charge in [0.1, 0.15) is 5.03 Å². The Hall–Kier alpha value is -2.74. The number of nitrogens with zero attached hydrogens (tertiary/aromatic N) is 3. The first-order chi connectivity index (χ1) is 12.4. The minimum atomic E-state index is -4.37. The highest BCUT2D eigenvalue weighted by atomic mass is 32.2. The van der Waals surface area contributed by atoms with E-state index < -0.39 is 11.7 Å². The number of oxime groups is 1. The maximum atomic E-state index is 12.7. The van der Waals surface area contributed by atoms with Gasteiger partial charge in [-0.15, -0.1) is 0 Å². The zero-order valence-corrected chi connectivity index (χ0v) is 14.4. The van der Waals surface area contributed by atoms with E-state index in [2.05, 4.69) is 10.3 Å². The molecule has 0 unspecified atom stereocenters. The molecule has 0 aliphatic carbocycles. The van der Waals surface area contributed by atoms with Crippen LogP contribution in [0.4, 0.5) is 13.2 Å². The monoisotopic (exact) mass is 377 g/mol. The fourth-order valence-electron chi connectivity index (χ4n) is 2.39. The Kier molecular flexibility index (Phi) is 5.03. The minimum absolute atomic E-state index is 0.598. The number of halogens is 3. The van der Waals surface area contributed by atoms with Gasteiger partial charge in [0.25, 0.3) is 0 Å². The van der Waals surface area contributed by atoms with Crippen molar-refractivity contribution in [2.45, 2.75) is 23.0 Å². The van der Waals surface area contributed by atoms with E-state index in [-0.39, 0.29) is 0 Å². The Bertz CT molecular complexity index is 919. The van der Waals surface area contributed by atoms with Gasteiger partial charge in [0.2, 0.25) is 0 Å². The number of aromatic nitrogens is 2. The molecule has 0 spiro atoms. The van der Waals surface area contributed by atoms with E-state index in [0.717, 1.165) is 17.8 Å². The highest BCUT2D eigenvalue weighted by Crippen LogP contribution is 2.35. The van der Waals surface area contributed by atoms with Crippen LogP contribution in [-0.4, -0.2) is 21.2 Å². The summed E-state index contributed by atoms with van der Waals surface area (Å²) in [5.74, 6) is 0. The lowest BCUT2D eigenvalue weighted by atomic mass is 10.2. The maximum Gasteiger partial charge on any atom is 0.416 e. The first kappa shape index (κ1) is 18.1. The van der Waals surface area contributed by atoms with Crippen molar-refractivity contribution in [3.8, 4) is 5.69 Å². The molecule has 0 bridgehead atoms. The summed E-state index contributed by atoms with van der Waals surface area (Å²) in [5, 5.41) is 17.1. The molecule has 0 saturated heterocycles. The van der Waals surface area contributed by atoms with Gasteiger partial charge in [0, 0.05) is 4.90 Å². The molecule has 0 fully saturated rings. The number of aryl methyl sites for hydroxylation is 1. The third-order valence-corrected chi connectivity index (χ3v) is 4.74. The number of benzene rings is 2. The van der Waals surface area contributed by atoms with Gasteiger partial charge < -0.3 is 5.21 Å². The number of hydrogen-bond acceptors (Lipinski definition) is 4. The van der Waals surface area contributed by atoms with Crippen molar-refractivity contribution in [1.29, 1.82) is 0 Å². The van der Waals surface area contributed by atoms with Gasteiger partial charge in [0.15, 0.2) is 0 Å². The van der Waals surface area contributed by atoms with Crippen LogP contribution in [0.25, 0.3) is 5.69 Å². The highest BCUT2D eigenvalue weighted by molar-refractivity contribution is 7.99. The topological polar surface area (TPSA) is 50.4 Å². The van der Waals surface area contributed by atoms with E-state index in [9.17, 15) is 13.2 Å². The molecule has 0 radical (unpaired) electrons. The molecule has 0 aliphatic rings. The zero-order chi connectivity index (χ0) is 18.7. The van der Waals surface area contributed by atoms with Gasteiger partial charge in [-0.2, -0.15) is 18.3 Å². The van der Waals surface area contributed by atoms with E-state index in [1.807, 2.05) is 30.3 Å². The van der Waals surface area contributed by atoms with Crippen molar-refractivity contribution in [2.24, 2.45) is 5.16 Å². The van der Waals surface area contributed by atoms with Gasteiger partial charge >= 0.3 is 6.18 Å². The lowest BCUT2D eigenvalue weighted by molar-refractivity contribution is -0.137. The smallest absolute Gasteiger partial charge is 0.411 e. The molecule has 1 N–H and O–H groups in total. The standard InChI is InChI=1S/C18H14F3N3OS/c1-12-16(11-22-25)17(24(23-12)14-5-3-2-4-6-14)26-15-9-7-13(8-10-15)18(19,20)21/h2-11,25H,1H3. The third-order valence-electron chi connectivity index (χ3n) is 3.65. The van der Waals surface area contributed by atoms with Crippen LogP contribution in [0.2, 0.25) is 0 Å². The number of rotatable bonds is 4. The van der Waals surface area contributed by atoms with Crippen molar-refractivity contribution in [3.63, 3.8) is 0 Å². The van der Waals surface area contributed by atoms with Crippen LogP contribution >= 0.6 is 11.8 Å². The Morgan fingerprint density at radius 1 is 1.08 bits per heavy atom. The molecule has 0 amide bonds. The van der Waals surface area contributed by atoms with Crippen LogP contribution in [0, 0.1) is 6.92 Å². The van der Waals surface area contributed by atoms with Gasteiger partial charge in [-0.25, -0.2) is 4.68 Å². The molecule has 134 valence electrons. The third kappa shape index (κ3) is 3.75. The SMILES string of the molecule is Cc1nn(-c2ccccc2)c(Sc2ccc(C(F)(F)F)cc2)c1C=NO. The van der Waals surface area contributed by atoms with Crippen molar-refractivity contribution in [1.82, 2.24) is 9.78 Å². The summed E-state index contributed by atoms with van der Waals surface area (Å²) in [4.78, 5) is 0.614. The normalized spacial score (nSPS) is 12.0. The summed E-state index contributed by atoms with van der Waals surface area (Å²) in [5.41, 5.74) is 1.33. The lowest BCUT2D eigenvalue weighted by Crippen LogP contribution is -2.04. The van der Waals surface area contributed by atoms with Gasteiger partial charge in [-0.05, 0) is 43.3 Å². The largest absolute Gasteiger partial charge is 0.416 e. The first-order valence-corrected chi connectivity index (χ1v) is 8.39. The Balaban J connectivity index is 2.03. The predicted molar refractivity (Wildman–Crippen MR) is 93.2 cm³/mol. The number of alkyl halides is 3. The summed E-state index contributed by atoms with van der Waals surface area (Å²) in [6.45, 7) is 1.77. The van der Waals surface area contributed by atoms with Crippen LogP contribution < -0.4 is 0 Å². The van der Waals surface area contributed by atoms with Gasteiger partial charge in [-0.1, -0.05) is 35.1 Å². The quantitative estimate of drug-likeness (QED) is 0.388. The number of para-hydroxylation sites is 1. The molecule has 8 heteroatoms. The van der Waals surface area contributed by atoms with Crippen molar-refractivity contribution in [3.05, 3.63) is 71.4 Å². The predicted octanol–water partition coefficient (Wildman–Crippen LogP) is 5.16. The van der Waals surface area contributed by atoms with E-state index in [0.29, 0.717) is 21.2 Å². The Morgan fingerprint density at radius 2 is 1.73 bits per heavy atom. The average Bonchev–Trinajstić information content (AvgIpc) is 2.92. The maximum absolute atomic E-state index is 12.7. The second kappa shape index (κ2) is 7.25. The summed E-state index contributed by atoms with van der Waals surface area (Å²) >= 11 is 1.25. The Morgan fingerprint density at radius 3 is 2.31 bits per heavy atom. The van der Waals surface area contributed by atoms with E-state index in [1.165, 1.54) is 30.1 Å². The summed E-state index contributed by atoms with van der Waals surface area (Å²) in [6.07, 6.45) is -3.10. The molecule has 2 aromatic carbocycles. The molecular formula is C18H14F3N3OS. The molecule has 0 saturated carbocycles. The van der Waals surface area contributed by atoms with Crippen LogP contribution in [-0.2, 0) is 6.18 Å². The number of hydrogen-bond donors (Lipinski definition) is 1. The molecule has 1 heterocycles. The van der Waals surface area contributed by atoms with Crippen LogP contribution in [0.15, 0.2) is 69.7 Å². The molecule has 3 rings (SSSR count). The van der Waals surface area contributed by atoms with E-state index in [4.69, 9.17) is 5.21 Å². The summed E-state index contributed by atoms with van der Waals surface area (Å²) in [7, 11) is 0. The van der Waals surface area contributed by atoms with Crippen molar-refractivity contribution in [2.75, 3.05) is 0 Å². The van der Waals surface area contributed by atoms with Gasteiger partial charge in [-0.3, -0.25) is 0 Å². The molecule has 0 aliphatic heterocycles. The fraction of sp³-hybridized carbons (Fsp3) is 0.111. The summed E-state index contributed by atoms with van der Waals surface area (Å²) in [6, 6.07) is 14.2. The highest BCUT2D eigenvalue weighted by Gasteiger charge is 2.30. The van der Waals surface area contributed by atoms with Gasteiger partial charge in [0.05, 0.1) is 28.7 Å². The molecule has 0 atom stereocenters. The van der Waals surface area contributed by atoms with Crippen molar-refractivity contribution < 1.29 is 18.4 Å². The molecule has 3 aromatic rings. The van der Waals surface area contributed by atoms with Crippen molar-refractivity contribution >= 4 is 18.0 Å². The second-order valence-electron chi connectivity index (χ2n) is 5.42. The minimum Gasteiger partial charge on any atom is -0.411 e. The zero-order valence-electron chi connectivity index (χ0n) is 13.6. The van der Waals surface area contributed by atoms with Crippen LogP contribution in [0.1, 0.15) is 16.8 Å². The lowest BCUT2D eigenvalue weighted by Gasteiger charge is -2.10. The summed E-state index contributed by atoms with van der Waals surface area (Å²) < 4.78 is 39.9. The second-order valence-corrected chi connectivity index (χ2v) is 6.48. The molecule has 26 heavy (non-hydrogen) atoms. The van der Waals surface area contributed by atoms with Crippen LogP contribution in [0.5, 0.6) is 0 Å². The fourth-order valence-corrected chi connectivity index (χ4v) is 3.43. The van der Waals surface area contributed by atoms with E-state index >= 15 is 0 Å².